The Hall–Kier alpha value is -4.73. The van der Waals surface area contributed by atoms with Crippen molar-refractivity contribution in [1.82, 2.24) is 4.98 Å². The second-order valence-corrected chi connectivity index (χ2v) is 10.6. The van der Waals surface area contributed by atoms with Gasteiger partial charge in [-0.1, -0.05) is 97.1 Å². The number of aromatic nitrogens is 1. The molecule has 8 aromatic rings. The number of fused-ring (bicyclic) bond motifs is 5. The maximum atomic E-state index is 6.40. The van der Waals surface area contributed by atoms with Gasteiger partial charge in [0, 0.05) is 31.3 Å². The number of thiophene rings is 1. The molecule has 0 saturated heterocycles. The van der Waals surface area contributed by atoms with E-state index in [1.807, 2.05) is 23.5 Å². The summed E-state index contributed by atoms with van der Waals surface area (Å²) in [5.41, 5.74) is 7.29. The van der Waals surface area contributed by atoms with Gasteiger partial charge in [-0.15, -0.1) is 11.3 Å². The van der Waals surface area contributed by atoms with Gasteiger partial charge in [-0.05, 0) is 57.8 Å². The van der Waals surface area contributed by atoms with Crippen LogP contribution in [-0.4, -0.2) is 4.98 Å². The number of hydrogen-bond acceptors (Lipinski definition) is 3. The van der Waals surface area contributed by atoms with Gasteiger partial charge >= 0.3 is 0 Å². The zero-order valence-electron chi connectivity index (χ0n) is 20.4. The number of rotatable bonds is 3. The van der Waals surface area contributed by atoms with E-state index in [1.165, 1.54) is 42.1 Å². The lowest BCUT2D eigenvalue weighted by Crippen LogP contribution is -1.81. The largest absolute Gasteiger partial charge is 0.435 e. The van der Waals surface area contributed by atoms with E-state index < -0.39 is 0 Å². The highest BCUT2D eigenvalue weighted by molar-refractivity contribution is 7.26. The number of benzene rings is 6. The lowest BCUT2D eigenvalue weighted by Gasteiger charge is -2.05. The van der Waals surface area contributed by atoms with Gasteiger partial charge in [-0.3, -0.25) is 0 Å². The minimum Gasteiger partial charge on any atom is -0.435 e. The van der Waals surface area contributed by atoms with Gasteiger partial charge in [0.05, 0.1) is 0 Å². The summed E-state index contributed by atoms with van der Waals surface area (Å²) >= 11 is 1.86. The quantitative estimate of drug-likeness (QED) is 0.240. The van der Waals surface area contributed by atoms with Crippen molar-refractivity contribution in [2.45, 2.75) is 0 Å². The van der Waals surface area contributed by atoms with Crippen molar-refractivity contribution in [2.75, 3.05) is 0 Å². The molecule has 2 heterocycles. The van der Waals surface area contributed by atoms with Crippen molar-refractivity contribution >= 4 is 53.4 Å². The smallest absolute Gasteiger partial charge is 0.227 e. The Morgan fingerprint density at radius 1 is 0.526 bits per heavy atom. The predicted octanol–water partition coefficient (Wildman–Crippen LogP) is 10.3. The number of hydrogen-bond donors (Lipinski definition) is 0. The first kappa shape index (κ1) is 21.4. The van der Waals surface area contributed by atoms with E-state index in [9.17, 15) is 0 Å². The van der Waals surface area contributed by atoms with Gasteiger partial charge < -0.3 is 4.42 Å². The van der Waals surface area contributed by atoms with Crippen LogP contribution in [0, 0.1) is 0 Å². The third-order valence-electron chi connectivity index (χ3n) is 7.32. The topological polar surface area (TPSA) is 26.0 Å². The van der Waals surface area contributed by atoms with Crippen LogP contribution >= 0.6 is 11.3 Å². The average Bonchev–Trinajstić information content (AvgIpc) is 3.59. The molecule has 0 N–H and O–H groups in total. The molecule has 3 heteroatoms. The summed E-state index contributed by atoms with van der Waals surface area (Å²) in [5, 5.41) is 5.08. The highest BCUT2D eigenvalue weighted by atomic mass is 32.1. The molecule has 0 atom stereocenters. The second-order valence-electron chi connectivity index (χ2n) is 9.59. The summed E-state index contributed by atoms with van der Waals surface area (Å²) in [6, 6.07) is 44.9. The minimum absolute atomic E-state index is 0.639. The fourth-order valence-corrected chi connectivity index (χ4v) is 6.66. The fourth-order valence-electron chi connectivity index (χ4n) is 5.42. The third-order valence-corrected chi connectivity index (χ3v) is 8.54. The Morgan fingerprint density at radius 3 is 2.16 bits per heavy atom. The van der Waals surface area contributed by atoms with Crippen LogP contribution in [0.15, 0.2) is 132 Å². The summed E-state index contributed by atoms with van der Waals surface area (Å²) in [5.74, 6) is 0.639. The summed E-state index contributed by atoms with van der Waals surface area (Å²) in [6.45, 7) is 0. The van der Waals surface area contributed by atoms with Gasteiger partial charge in [-0.2, -0.15) is 0 Å². The number of para-hydroxylation sites is 1. The first-order chi connectivity index (χ1) is 18.8. The maximum Gasteiger partial charge on any atom is 0.227 e. The van der Waals surface area contributed by atoms with E-state index >= 15 is 0 Å². The number of nitrogens with zero attached hydrogens (tertiary/aromatic N) is 1. The maximum absolute atomic E-state index is 6.40. The molecule has 2 nitrogen and oxygen atoms in total. The highest BCUT2D eigenvalue weighted by Crippen LogP contribution is 2.40. The molecule has 0 aliphatic carbocycles. The normalized spacial score (nSPS) is 11.7. The van der Waals surface area contributed by atoms with E-state index in [0.717, 1.165) is 27.8 Å². The van der Waals surface area contributed by atoms with Gasteiger partial charge in [-0.25, -0.2) is 4.98 Å². The first-order valence-electron chi connectivity index (χ1n) is 12.7. The van der Waals surface area contributed by atoms with Crippen LogP contribution in [0.5, 0.6) is 0 Å². The Bertz CT molecular complexity index is 2130. The lowest BCUT2D eigenvalue weighted by atomic mass is 10.0. The Kier molecular flexibility index (Phi) is 4.73. The van der Waals surface area contributed by atoms with Crippen LogP contribution in [0.3, 0.4) is 0 Å². The van der Waals surface area contributed by atoms with E-state index in [-0.39, 0.29) is 0 Å². The SMILES string of the molecule is c1ccc2cc(-c3cccc4nc(-c5ccc(-c6cccc7c6sc6ccccc67)cc5)oc34)ccc2c1. The van der Waals surface area contributed by atoms with Gasteiger partial charge in [0.1, 0.15) is 5.52 Å². The molecule has 0 radical (unpaired) electrons. The molecule has 0 saturated carbocycles. The summed E-state index contributed by atoms with van der Waals surface area (Å²) in [4.78, 5) is 4.85. The Labute approximate surface area is 223 Å². The van der Waals surface area contributed by atoms with Crippen LogP contribution in [-0.2, 0) is 0 Å². The van der Waals surface area contributed by atoms with E-state index in [2.05, 4.69) is 115 Å². The Balaban J connectivity index is 1.20. The summed E-state index contributed by atoms with van der Waals surface area (Å²) in [7, 11) is 0. The zero-order valence-corrected chi connectivity index (χ0v) is 21.2. The standard InChI is InChI=1S/C35H21NOS/c1-2-8-25-21-26(20-15-22(25)7-1)27-10-6-13-31-33(27)37-35(36-31)24-18-16-23(17-19-24)28-11-5-12-30-29-9-3-4-14-32(29)38-34(28)30/h1-21H. The third kappa shape index (κ3) is 3.37. The van der Waals surface area contributed by atoms with E-state index in [4.69, 9.17) is 9.40 Å². The molecule has 0 aliphatic heterocycles. The van der Waals surface area contributed by atoms with Crippen molar-refractivity contribution in [1.29, 1.82) is 0 Å². The van der Waals surface area contributed by atoms with Crippen LogP contribution in [0.4, 0.5) is 0 Å². The molecule has 6 aromatic carbocycles. The molecule has 178 valence electrons. The molecule has 0 fully saturated rings. The molecule has 8 rings (SSSR count). The van der Waals surface area contributed by atoms with Crippen molar-refractivity contribution in [2.24, 2.45) is 0 Å². The van der Waals surface area contributed by atoms with E-state index in [1.54, 1.807) is 0 Å². The first-order valence-corrected chi connectivity index (χ1v) is 13.5. The van der Waals surface area contributed by atoms with Gasteiger partial charge in [0.2, 0.25) is 5.89 Å². The average molecular weight is 504 g/mol. The molecule has 2 aromatic heterocycles. The Morgan fingerprint density at radius 2 is 1.24 bits per heavy atom. The van der Waals surface area contributed by atoms with Crippen LogP contribution in [0.2, 0.25) is 0 Å². The summed E-state index contributed by atoms with van der Waals surface area (Å²) in [6.07, 6.45) is 0. The van der Waals surface area contributed by atoms with Crippen LogP contribution in [0.25, 0.3) is 75.8 Å². The molecule has 0 bridgehead atoms. The minimum atomic E-state index is 0.639. The van der Waals surface area contributed by atoms with Gasteiger partial charge in [0.15, 0.2) is 5.58 Å². The van der Waals surface area contributed by atoms with Crippen molar-refractivity contribution in [3.05, 3.63) is 127 Å². The predicted molar refractivity (Wildman–Crippen MR) is 161 cm³/mol. The molecule has 0 aliphatic rings. The van der Waals surface area contributed by atoms with Gasteiger partial charge in [0.25, 0.3) is 0 Å². The highest BCUT2D eigenvalue weighted by Gasteiger charge is 2.15. The van der Waals surface area contributed by atoms with Crippen molar-refractivity contribution in [3.8, 4) is 33.7 Å². The molecular weight excluding hydrogens is 482 g/mol. The van der Waals surface area contributed by atoms with Crippen LogP contribution in [0.1, 0.15) is 0 Å². The number of oxazole rings is 1. The molecule has 0 amide bonds. The summed E-state index contributed by atoms with van der Waals surface area (Å²) < 4.78 is 9.04. The second kappa shape index (κ2) is 8.41. The fraction of sp³-hybridized carbons (Fsp3) is 0. The molecule has 0 spiro atoms. The van der Waals surface area contributed by atoms with E-state index in [0.29, 0.717) is 5.89 Å². The van der Waals surface area contributed by atoms with Crippen LogP contribution < -0.4 is 0 Å². The molecular formula is C35H21NOS. The van der Waals surface area contributed by atoms with Crippen molar-refractivity contribution < 1.29 is 4.42 Å². The molecule has 0 unspecified atom stereocenters. The zero-order chi connectivity index (χ0) is 25.1. The van der Waals surface area contributed by atoms with Crippen molar-refractivity contribution in [3.63, 3.8) is 0 Å². The monoisotopic (exact) mass is 503 g/mol. The lowest BCUT2D eigenvalue weighted by molar-refractivity contribution is 0.621. The molecule has 38 heavy (non-hydrogen) atoms.